The average Bonchev–Trinajstić information content (AvgIpc) is 3.05. The van der Waals surface area contributed by atoms with Crippen LogP contribution in [0.15, 0.2) is 112 Å². The van der Waals surface area contributed by atoms with Gasteiger partial charge in [-0.3, -0.25) is 13.9 Å². The maximum absolute atomic E-state index is 14.6. The number of para-hydroxylation sites is 2. The van der Waals surface area contributed by atoms with E-state index in [1.807, 2.05) is 75.4 Å². The van der Waals surface area contributed by atoms with Crippen LogP contribution in [0.4, 0.5) is 5.69 Å². The van der Waals surface area contributed by atoms with Gasteiger partial charge in [-0.2, -0.15) is 0 Å². The van der Waals surface area contributed by atoms with Crippen LogP contribution in [-0.4, -0.2) is 50.9 Å². The predicted octanol–water partition coefficient (Wildman–Crippen LogP) is 6.52. The second kappa shape index (κ2) is 15.9. The van der Waals surface area contributed by atoms with Gasteiger partial charge < -0.3 is 15.0 Å². The highest BCUT2D eigenvalue weighted by atomic mass is 79.9. The van der Waals surface area contributed by atoms with Crippen molar-refractivity contribution in [3.8, 4) is 5.75 Å². The van der Waals surface area contributed by atoms with E-state index in [4.69, 9.17) is 4.74 Å². The van der Waals surface area contributed by atoms with Gasteiger partial charge in [0.1, 0.15) is 18.3 Å². The van der Waals surface area contributed by atoms with Crippen molar-refractivity contribution in [1.29, 1.82) is 0 Å². The molecule has 4 rings (SSSR count). The van der Waals surface area contributed by atoms with E-state index in [0.717, 1.165) is 25.5 Å². The molecule has 0 aliphatic rings. The van der Waals surface area contributed by atoms with Crippen molar-refractivity contribution < 1.29 is 22.7 Å². The lowest BCUT2D eigenvalue weighted by Crippen LogP contribution is -2.54. The van der Waals surface area contributed by atoms with E-state index < -0.39 is 28.5 Å². The van der Waals surface area contributed by atoms with Crippen molar-refractivity contribution in [2.45, 2.75) is 57.1 Å². The van der Waals surface area contributed by atoms with Gasteiger partial charge in [-0.1, -0.05) is 95.1 Å². The van der Waals surface area contributed by atoms with Crippen LogP contribution in [0, 0.1) is 6.92 Å². The first kappa shape index (κ1) is 34.7. The van der Waals surface area contributed by atoms with Crippen molar-refractivity contribution in [3.05, 3.63) is 124 Å². The van der Waals surface area contributed by atoms with Crippen LogP contribution < -0.4 is 14.4 Å². The number of carbonyl (C=O) groups excluding carboxylic acids is 2. The van der Waals surface area contributed by atoms with Crippen LogP contribution in [0.3, 0.4) is 0 Å². The molecule has 0 fully saturated rings. The third-order valence-corrected chi connectivity index (χ3v) is 10.0. The Balaban J connectivity index is 1.84. The molecule has 2 atom stereocenters. The second-order valence-corrected chi connectivity index (χ2v) is 13.9. The second-order valence-electron chi connectivity index (χ2n) is 11.2. The monoisotopic (exact) mass is 705 g/mol. The molecule has 0 saturated carbocycles. The first-order valence-electron chi connectivity index (χ1n) is 15.1. The smallest absolute Gasteiger partial charge is 0.264 e. The van der Waals surface area contributed by atoms with Crippen molar-refractivity contribution in [1.82, 2.24) is 10.2 Å². The molecule has 46 heavy (non-hydrogen) atoms. The quantitative estimate of drug-likeness (QED) is 0.161. The molecule has 8 nitrogen and oxygen atoms in total. The number of carbonyl (C=O) groups is 2. The van der Waals surface area contributed by atoms with Crippen molar-refractivity contribution >= 4 is 43.5 Å². The molecule has 0 aliphatic heterocycles. The summed E-state index contributed by atoms with van der Waals surface area (Å²) in [5.41, 5.74) is 2.76. The predicted molar refractivity (Wildman–Crippen MR) is 185 cm³/mol. The largest absolute Gasteiger partial charge is 0.495 e. The summed E-state index contributed by atoms with van der Waals surface area (Å²) in [5, 5.41) is 3.05. The molecule has 0 heterocycles. The van der Waals surface area contributed by atoms with E-state index in [0.29, 0.717) is 12.2 Å². The molecule has 2 amide bonds. The molecular weight excluding hydrogens is 666 g/mol. The number of methoxy groups -OCH3 is 1. The highest BCUT2D eigenvalue weighted by Crippen LogP contribution is 2.33. The molecule has 242 valence electrons. The van der Waals surface area contributed by atoms with Gasteiger partial charge in [0.05, 0.1) is 17.7 Å². The Morgan fingerprint density at radius 3 is 2.20 bits per heavy atom. The maximum atomic E-state index is 14.6. The van der Waals surface area contributed by atoms with E-state index in [-0.39, 0.29) is 35.5 Å². The topological polar surface area (TPSA) is 96.0 Å². The molecule has 0 bridgehead atoms. The Bertz CT molecular complexity index is 1730. The molecule has 10 heteroatoms. The lowest BCUT2D eigenvalue weighted by Gasteiger charge is -2.34. The molecule has 4 aromatic carbocycles. The number of ether oxygens (including phenoxy) is 1. The van der Waals surface area contributed by atoms with E-state index in [9.17, 15) is 18.0 Å². The van der Waals surface area contributed by atoms with Gasteiger partial charge in [0, 0.05) is 23.5 Å². The molecule has 0 saturated heterocycles. The summed E-state index contributed by atoms with van der Waals surface area (Å²) < 4.78 is 36.0. The van der Waals surface area contributed by atoms with Gasteiger partial charge in [0.25, 0.3) is 10.0 Å². The van der Waals surface area contributed by atoms with Crippen molar-refractivity contribution in [3.63, 3.8) is 0 Å². The fourth-order valence-electron chi connectivity index (χ4n) is 5.01. The number of aryl methyl sites for hydroxylation is 1. The summed E-state index contributed by atoms with van der Waals surface area (Å²) in [7, 11) is -2.79. The number of sulfonamides is 1. The molecule has 4 aromatic rings. The normalized spacial score (nSPS) is 12.5. The number of rotatable bonds is 14. The van der Waals surface area contributed by atoms with E-state index in [1.54, 1.807) is 36.4 Å². The fourth-order valence-corrected chi connectivity index (χ4v) is 6.89. The summed E-state index contributed by atoms with van der Waals surface area (Å²) >= 11 is 3.51. The van der Waals surface area contributed by atoms with Crippen LogP contribution in [0.25, 0.3) is 0 Å². The number of nitrogens with one attached hydrogen (secondary N) is 1. The highest BCUT2D eigenvalue weighted by Gasteiger charge is 2.35. The Morgan fingerprint density at radius 1 is 0.891 bits per heavy atom. The molecular formula is C36H40BrN3O5S. The molecule has 0 aromatic heterocycles. The van der Waals surface area contributed by atoms with Gasteiger partial charge in [0.15, 0.2) is 0 Å². The lowest BCUT2D eigenvalue weighted by atomic mass is 10.0. The summed E-state index contributed by atoms with van der Waals surface area (Å²) in [4.78, 5) is 30.1. The molecule has 0 spiro atoms. The number of amides is 2. The standard InChI is InChI=1S/C36H40BrN3O5S/c1-5-27(3)38-36(42)33(23-28-12-7-6-8-13-28)39(24-29-14-11-15-30(37)22-29)35(41)25-40(32-16-9-10-17-34(32)45-4)46(43,44)31-20-18-26(2)19-21-31/h6-22,27,33H,5,23-25H2,1-4H3,(H,38,42)/t27-,33+/m1/s1. The summed E-state index contributed by atoms with van der Waals surface area (Å²) in [6.45, 7) is 5.27. The average molecular weight is 707 g/mol. The summed E-state index contributed by atoms with van der Waals surface area (Å²) in [6, 6.07) is 29.1. The molecule has 0 aliphatic carbocycles. The minimum atomic E-state index is -4.24. The number of anilines is 1. The highest BCUT2D eigenvalue weighted by molar-refractivity contribution is 9.10. The Hall–Kier alpha value is -4.15. The fraction of sp³-hybridized carbons (Fsp3) is 0.278. The minimum absolute atomic E-state index is 0.0331. The van der Waals surface area contributed by atoms with Crippen LogP contribution in [0.1, 0.15) is 37.0 Å². The maximum Gasteiger partial charge on any atom is 0.264 e. The number of nitrogens with zero attached hydrogens (tertiary/aromatic N) is 2. The van der Waals surface area contributed by atoms with E-state index in [2.05, 4.69) is 21.2 Å². The van der Waals surface area contributed by atoms with Gasteiger partial charge in [-0.15, -0.1) is 0 Å². The number of hydrogen-bond acceptors (Lipinski definition) is 5. The Kier molecular flexibility index (Phi) is 12.0. The minimum Gasteiger partial charge on any atom is -0.495 e. The lowest BCUT2D eigenvalue weighted by molar-refractivity contribution is -0.140. The third kappa shape index (κ3) is 8.76. The number of hydrogen-bond donors (Lipinski definition) is 1. The first-order chi connectivity index (χ1) is 22.0. The summed E-state index contributed by atoms with van der Waals surface area (Å²) in [5.74, 6) is -0.562. The van der Waals surface area contributed by atoms with Crippen LogP contribution in [-0.2, 0) is 32.6 Å². The SMILES string of the molecule is CC[C@@H](C)NC(=O)[C@H](Cc1ccccc1)N(Cc1cccc(Br)c1)C(=O)CN(c1ccccc1OC)S(=O)(=O)c1ccc(C)cc1. The summed E-state index contributed by atoms with van der Waals surface area (Å²) in [6.07, 6.45) is 0.946. The van der Waals surface area contributed by atoms with Crippen LogP contribution >= 0.6 is 15.9 Å². The Labute approximate surface area is 280 Å². The van der Waals surface area contributed by atoms with Crippen LogP contribution in [0.5, 0.6) is 5.75 Å². The van der Waals surface area contributed by atoms with Gasteiger partial charge >= 0.3 is 0 Å². The van der Waals surface area contributed by atoms with Crippen molar-refractivity contribution in [2.24, 2.45) is 0 Å². The zero-order valence-electron chi connectivity index (χ0n) is 26.5. The number of benzene rings is 4. The van der Waals surface area contributed by atoms with Gasteiger partial charge in [-0.05, 0) is 67.8 Å². The van der Waals surface area contributed by atoms with E-state index in [1.165, 1.54) is 24.1 Å². The van der Waals surface area contributed by atoms with Gasteiger partial charge in [-0.25, -0.2) is 8.42 Å². The van der Waals surface area contributed by atoms with Crippen LogP contribution in [0.2, 0.25) is 0 Å². The molecule has 0 unspecified atom stereocenters. The van der Waals surface area contributed by atoms with Gasteiger partial charge in [0.2, 0.25) is 11.8 Å². The first-order valence-corrected chi connectivity index (χ1v) is 17.4. The third-order valence-electron chi connectivity index (χ3n) is 7.76. The Morgan fingerprint density at radius 2 is 1.54 bits per heavy atom. The van der Waals surface area contributed by atoms with Crippen molar-refractivity contribution in [2.75, 3.05) is 18.0 Å². The molecule has 1 N–H and O–H groups in total. The van der Waals surface area contributed by atoms with E-state index >= 15 is 0 Å². The zero-order valence-corrected chi connectivity index (χ0v) is 28.9. The number of halogens is 1. The molecule has 0 radical (unpaired) electrons. The zero-order chi connectivity index (χ0) is 33.3.